The molecule has 54 heavy (non-hydrogen) atoms. The Balaban J connectivity index is 1.11. The van der Waals surface area contributed by atoms with Crippen LogP contribution in [0.4, 0.5) is 0 Å². The smallest absolute Gasteiger partial charge is 0.347 e. The van der Waals surface area contributed by atoms with Crippen LogP contribution in [0.25, 0.3) is 0 Å². The lowest BCUT2D eigenvalue weighted by Crippen LogP contribution is -2.54. The minimum Gasteiger partial charge on any atom is -0.388 e. The van der Waals surface area contributed by atoms with Crippen LogP contribution in [0.1, 0.15) is 40.8 Å². The Morgan fingerprint density at radius 2 is 1.04 bits per heavy atom. The Hall–Kier alpha value is -4.66. The molecule has 12 nitrogen and oxygen atoms in total. The van der Waals surface area contributed by atoms with Gasteiger partial charge in [-0.1, -0.05) is 121 Å². The zero-order valence-electron chi connectivity index (χ0n) is 30.0. The molecule has 1 saturated heterocycles. The van der Waals surface area contributed by atoms with Crippen molar-refractivity contribution in [1.82, 2.24) is 13.9 Å². The predicted octanol–water partition coefficient (Wildman–Crippen LogP) is 4.29. The Labute approximate surface area is 313 Å². The van der Waals surface area contributed by atoms with Gasteiger partial charge in [-0.05, 0) is 28.7 Å². The summed E-state index contributed by atoms with van der Waals surface area (Å²) in [6, 6.07) is 37.9. The fraction of sp³-hybridized carbons (Fsp3) is 0.381. The summed E-state index contributed by atoms with van der Waals surface area (Å²) in [5.74, 6) is 0. The number of hydrogen-bond donors (Lipinski definition) is 1. The molecule has 3 heterocycles. The van der Waals surface area contributed by atoms with Gasteiger partial charge in [-0.25, -0.2) is 23.5 Å². The zero-order valence-corrected chi connectivity index (χ0v) is 30.0. The number of ether oxygens (including phenoxy) is 6. The van der Waals surface area contributed by atoms with Gasteiger partial charge >= 0.3 is 11.4 Å². The van der Waals surface area contributed by atoms with Crippen LogP contribution in [-0.4, -0.2) is 68.6 Å². The number of benzene rings is 4. The third-order valence-electron chi connectivity index (χ3n) is 10.6. The van der Waals surface area contributed by atoms with Gasteiger partial charge in [0.1, 0.15) is 36.6 Å². The SMILES string of the molecule is Cn1c(=O)n2n(c1=O)C1CC2C(O)[C@H](O[C@@H]2O[C@H](COCc3ccccc3)[C@@H](OCc3ccccc3)[C@H]2OCc2ccccc2)C1OCc1ccccc1. The first kappa shape index (κ1) is 36.3. The first-order valence-corrected chi connectivity index (χ1v) is 18.4. The van der Waals surface area contributed by atoms with Crippen LogP contribution in [0.5, 0.6) is 0 Å². The molecule has 5 aromatic rings. The van der Waals surface area contributed by atoms with Crippen LogP contribution in [0.3, 0.4) is 0 Å². The normalized spacial score (nSPS) is 27.3. The van der Waals surface area contributed by atoms with Gasteiger partial charge in [0.15, 0.2) is 6.29 Å². The van der Waals surface area contributed by atoms with E-state index in [0.717, 1.165) is 26.8 Å². The molecule has 4 aromatic carbocycles. The average molecular weight is 736 g/mol. The van der Waals surface area contributed by atoms with Crippen LogP contribution >= 0.6 is 0 Å². The molecule has 2 bridgehead atoms. The summed E-state index contributed by atoms with van der Waals surface area (Å²) >= 11 is 0. The van der Waals surface area contributed by atoms with E-state index >= 15 is 0 Å². The minimum absolute atomic E-state index is 0.183. The van der Waals surface area contributed by atoms with Gasteiger partial charge in [0, 0.05) is 7.05 Å². The maximum atomic E-state index is 13.4. The molecule has 1 aromatic heterocycles. The number of aliphatic hydroxyl groups is 1. The van der Waals surface area contributed by atoms with Crippen LogP contribution < -0.4 is 11.4 Å². The molecule has 8 rings (SSSR count). The molecule has 12 heteroatoms. The van der Waals surface area contributed by atoms with Crippen molar-refractivity contribution in [3.05, 3.63) is 165 Å². The minimum atomic E-state index is -1.22. The van der Waals surface area contributed by atoms with Gasteiger partial charge in [-0.2, -0.15) is 0 Å². The van der Waals surface area contributed by atoms with Crippen molar-refractivity contribution in [2.75, 3.05) is 6.61 Å². The summed E-state index contributed by atoms with van der Waals surface area (Å²) in [5, 5.41) is 12.1. The average Bonchev–Trinajstić information content (AvgIpc) is 3.81. The van der Waals surface area contributed by atoms with E-state index in [1.807, 2.05) is 121 Å². The fourth-order valence-electron chi connectivity index (χ4n) is 7.81. The first-order chi connectivity index (χ1) is 26.5. The van der Waals surface area contributed by atoms with E-state index in [0.29, 0.717) is 19.6 Å². The second-order valence-corrected chi connectivity index (χ2v) is 14.1. The molecule has 9 atom stereocenters. The van der Waals surface area contributed by atoms with Gasteiger partial charge < -0.3 is 33.5 Å². The highest BCUT2D eigenvalue weighted by Crippen LogP contribution is 2.44. The van der Waals surface area contributed by atoms with E-state index < -0.39 is 66.4 Å². The maximum absolute atomic E-state index is 13.4. The van der Waals surface area contributed by atoms with E-state index in [9.17, 15) is 14.7 Å². The van der Waals surface area contributed by atoms with E-state index in [-0.39, 0.29) is 19.8 Å². The molecule has 1 saturated carbocycles. The summed E-state index contributed by atoms with van der Waals surface area (Å²) in [4.78, 5) is 26.7. The highest BCUT2D eigenvalue weighted by molar-refractivity contribution is 5.17. The van der Waals surface area contributed by atoms with E-state index in [4.69, 9.17) is 28.4 Å². The van der Waals surface area contributed by atoms with Gasteiger partial charge in [0.25, 0.3) is 0 Å². The first-order valence-electron chi connectivity index (χ1n) is 18.4. The lowest BCUT2D eigenvalue weighted by Gasteiger charge is -2.40. The molecule has 4 unspecified atom stereocenters. The number of aromatic nitrogens is 3. The highest BCUT2D eigenvalue weighted by atomic mass is 16.7. The van der Waals surface area contributed by atoms with E-state index in [1.54, 1.807) is 0 Å². The standard InChI is InChI=1S/C42H45N3O9/c1-43-41(47)44-32-22-33(45(44)42(43)48)36(50-24-29-16-8-3-9-17-29)38(35(32)46)54-40-39(52-26-31-20-12-5-13-21-31)37(51-25-30-18-10-4-11-19-30)34(53-40)27-49-23-28-14-6-2-7-15-28/h2-21,32-40,46H,22-27H2,1H3/t32?,33?,34-,35?,36?,37-,38+,39-,40+/m1/s1. The van der Waals surface area contributed by atoms with Crippen molar-refractivity contribution in [2.45, 2.75) is 87.8 Å². The van der Waals surface area contributed by atoms with Gasteiger partial charge in [0.05, 0.1) is 45.1 Å². The second-order valence-electron chi connectivity index (χ2n) is 14.1. The van der Waals surface area contributed by atoms with Crippen molar-refractivity contribution in [3.8, 4) is 0 Å². The van der Waals surface area contributed by atoms with E-state index in [1.165, 1.54) is 16.4 Å². The summed E-state index contributed by atoms with van der Waals surface area (Å²) in [7, 11) is 1.44. The zero-order chi connectivity index (χ0) is 37.0. The Kier molecular flexibility index (Phi) is 11.0. The number of nitrogens with zero attached hydrogens (tertiary/aromatic N) is 3. The van der Waals surface area contributed by atoms with Gasteiger partial charge in [-0.3, -0.25) is 0 Å². The van der Waals surface area contributed by atoms with Crippen molar-refractivity contribution in [1.29, 1.82) is 0 Å². The molecule has 2 fully saturated rings. The monoisotopic (exact) mass is 735 g/mol. The summed E-state index contributed by atoms with van der Waals surface area (Å²) in [6.07, 6.45) is -5.71. The molecular formula is C42H45N3O9. The van der Waals surface area contributed by atoms with Crippen molar-refractivity contribution >= 4 is 0 Å². The quantitative estimate of drug-likeness (QED) is 0.168. The van der Waals surface area contributed by atoms with Crippen molar-refractivity contribution < 1.29 is 33.5 Å². The van der Waals surface area contributed by atoms with Gasteiger partial charge in [0.2, 0.25) is 0 Å². The van der Waals surface area contributed by atoms with Crippen molar-refractivity contribution in [3.63, 3.8) is 0 Å². The largest absolute Gasteiger partial charge is 0.388 e. The van der Waals surface area contributed by atoms with Crippen LogP contribution in [0, 0.1) is 0 Å². The number of rotatable bonds is 15. The topological polar surface area (TPSA) is 125 Å². The number of aliphatic hydroxyl groups excluding tert-OH is 1. The molecular weight excluding hydrogens is 690 g/mol. The summed E-state index contributed by atoms with van der Waals surface area (Å²) < 4.78 is 43.4. The summed E-state index contributed by atoms with van der Waals surface area (Å²) in [5.41, 5.74) is 2.90. The lowest BCUT2D eigenvalue weighted by atomic mass is 9.85. The molecule has 0 spiro atoms. The third kappa shape index (κ3) is 7.51. The van der Waals surface area contributed by atoms with Gasteiger partial charge in [-0.15, -0.1) is 0 Å². The highest BCUT2D eigenvalue weighted by Gasteiger charge is 2.57. The lowest BCUT2D eigenvalue weighted by molar-refractivity contribution is -0.258. The molecule has 282 valence electrons. The Morgan fingerprint density at radius 3 is 1.56 bits per heavy atom. The molecule has 1 aliphatic carbocycles. The molecule has 0 radical (unpaired) electrons. The summed E-state index contributed by atoms with van der Waals surface area (Å²) in [6.45, 7) is 1.30. The molecule has 0 amide bonds. The Bertz CT molecular complexity index is 2070. The van der Waals surface area contributed by atoms with E-state index in [2.05, 4.69) is 0 Å². The van der Waals surface area contributed by atoms with Crippen LogP contribution in [-0.2, 0) is 61.9 Å². The number of fused-ring (bicyclic) bond motifs is 5. The Morgan fingerprint density at radius 1 is 0.593 bits per heavy atom. The molecule has 3 aliphatic rings. The fourth-order valence-corrected chi connectivity index (χ4v) is 7.81. The van der Waals surface area contributed by atoms with Crippen LogP contribution in [0.2, 0.25) is 0 Å². The molecule has 2 aliphatic heterocycles. The third-order valence-corrected chi connectivity index (χ3v) is 10.6. The maximum Gasteiger partial charge on any atom is 0.347 e. The van der Waals surface area contributed by atoms with Crippen LogP contribution in [0.15, 0.2) is 131 Å². The second kappa shape index (κ2) is 16.4. The molecule has 1 N–H and O–H groups in total. The predicted molar refractivity (Wildman–Crippen MR) is 197 cm³/mol. The van der Waals surface area contributed by atoms with Crippen molar-refractivity contribution in [2.24, 2.45) is 7.05 Å². The number of hydrogen-bond acceptors (Lipinski definition) is 9.